The Morgan fingerprint density at radius 1 is 1.37 bits per heavy atom. The Morgan fingerprint density at radius 3 is 2.68 bits per heavy atom. The molecule has 0 aliphatic carbocycles. The first kappa shape index (κ1) is 15.9. The minimum absolute atomic E-state index is 0.129. The summed E-state index contributed by atoms with van der Waals surface area (Å²) in [5.41, 5.74) is 1.63. The van der Waals surface area contributed by atoms with Crippen LogP contribution in [-0.4, -0.2) is 30.8 Å². The van der Waals surface area contributed by atoms with Crippen LogP contribution in [0.2, 0.25) is 0 Å². The van der Waals surface area contributed by atoms with Gasteiger partial charge in [0, 0.05) is 32.3 Å². The Labute approximate surface area is 115 Å². The van der Waals surface area contributed by atoms with Gasteiger partial charge in [0.15, 0.2) is 0 Å². The van der Waals surface area contributed by atoms with Gasteiger partial charge in [-0.2, -0.15) is 0 Å². The molecule has 4 heteroatoms. The molecule has 0 heterocycles. The Kier molecular flexibility index (Phi) is 6.81. The lowest BCUT2D eigenvalue weighted by molar-refractivity contribution is 0.289. The van der Waals surface area contributed by atoms with Crippen LogP contribution in [0.4, 0.5) is 10.1 Å². The van der Waals surface area contributed by atoms with Crippen LogP contribution in [0.1, 0.15) is 32.8 Å². The molecule has 0 saturated carbocycles. The predicted octanol–water partition coefficient (Wildman–Crippen LogP) is 2.53. The molecule has 0 spiro atoms. The van der Waals surface area contributed by atoms with Gasteiger partial charge in [0.1, 0.15) is 5.82 Å². The Bertz CT molecular complexity index is 382. The van der Waals surface area contributed by atoms with E-state index in [4.69, 9.17) is 5.11 Å². The van der Waals surface area contributed by atoms with Crippen molar-refractivity contribution in [2.24, 2.45) is 0 Å². The normalized spacial score (nSPS) is 11.1. The monoisotopic (exact) mass is 268 g/mol. The van der Waals surface area contributed by atoms with Crippen LogP contribution in [0.25, 0.3) is 0 Å². The molecule has 1 rings (SSSR count). The van der Waals surface area contributed by atoms with Gasteiger partial charge in [-0.15, -0.1) is 0 Å². The van der Waals surface area contributed by atoms with E-state index in [1.54, 1.807) is 6.07 Å². The summed E-state index contributed by atoms with van der Waals surface area (Å²) in [6.07, 6.45) is 0.652. The number of aliphatic hydroxyl groups excluding tert-OH is 1. The molecular formula is C15H25FN2O. The van der Waals surface area contributed by atoms with E-state index in [1.807, 2.05) is 17.9 Å². The maximum Gasteiger partial charge on any atom is 0.146 e. The van der Waals surface area contributed by atoms with Crippen LogP contribution in [0, 0.1) is 5.82 Å². The summed E-state index contributed by atoms with van der Waals surface area (Å²) in [7, 11) is 0. The van der Waals surface area contributed by atoms with E-state index in [0.717, 1.165) is 12.1 Å². The lowest BCUT2D eigenvalue weighted by Crippen LogP contribution is -2.29. The summed E-state index contributed by atoms with van der Waals surface area (Å²) < 4.78 is 14.1. The van der Waals surface area contributed by atoms with Gasteiger partial charge in [-0.05, 0) is 25.0 Å². The SMILES string of the molecule is CCN(CCCO)c1c(F)cccc1CNC(C)C. The van der Waals surface area contributed by atoms with E-state index in [0.29, 0.717) is 31.2 Å². The van der Waals surface area contributed by atoms with E-state index in [2.05, 4.69) is 19.2 Å². The van der Waals surface area contributed by atoms with Gasteiger partial charge in [-0.25, -0.2) is 4.39 Å². The van der Waals surface area contributed by atoms with Crippen molar-refractivity contribution in [2.45, 2.75) is 39.8 Å². The molecule has 1 aromatic rings. The lowest BCUT2D eigenvalue weighted by Gasteiger charge is -2.26. The first-order chi connectivity index (χ1) is 9.10. The quantitative estimate of drug-likeness (QED) is 0.760. The summed E-state index contributed by atoms with van der Waals surface area (Å²) >= 11 is 0. The number of hydrogen-bond donors (Lipinski definition) is 2. The Morgan fingerprint density at radius 2 is 2.11 bits per heavy atom. The van der Waals surface area contributed by atoms with Crippen molar-refractivity contribution in [3.63, 3.8) is 0 Å². The standard InChI is InChI=1S/C15H25FN2O/c1-4-18(9-6-10-19)15-13(11-17-12(2)3)7-5-8-14(15)16/h5,7-8,12,17,19H,4,6,9-11H2,1-3H3. The van der Waals surface area contributed by atoms with E-state index >= 15 is 0 Å². The zero-order valence-electron chi connectivity index (χ0n) is 12.1. The van der Waals surface area contributed by atoms with Gasteiger partial charge in [-0.1, -0.05) is 26.0 Å². The fourth-order valence-electron chi connectivity index (χ4n) is 2.06. The number of halogens is 1. The molecule has 0 saturated heterocycles. The van der Waals surface area contributed by atoms with Crippen LogP contribution >= 0.6 is 0 Å². The third-order valence-electron chi connectivity index (χ3n) is 3.06. The molecule has 108 valence electrons. The fourth-order valence-corrected chi connectivity index (χ4v) is 2.06. The number of hydrogen-bond acceptors (Lipinski definition) is 3. The highest BCUT2D eigenvalue weighted by atomic mass is 19.1. The van der Waals surface area contributed by atoms with Crippen LogP contribution in [0.3, 0.4) is 0 Å². The largest absolute Gasteiger partial charge is 0.396 e. The van der Waals surface area contributed by atoms with Crippen molar-refractivity contribution in [1.29, 1.82) is 0 Å². The number of nitrogens with zero attached hydrogens (tertiary/aromatic N) is 1. The van der Waals surface area contributed by atoms with Crippen LogP contribution < -0.4 is 10.2 Å². The van der Waals surface area contributed by atoms with E-state index in [9.17, 15) is 4.39 Å². The van der Waals surface area contributed by atoms with Gasteiger partial charge in [0.25, 0.3) is 0 Å². The summed E-state index contributed by atoms with van der Waals surface area (Å²) in [5.74, 6) is -0.192. The second-order valence-corrected chi connectivity index (χ2v) is 4.94. The van der Waals surface area contributed by atoms with Crippen LogP contribution in [-0.2, 0) is 6.54 Å². The average molecular weight is 268 g/mol. The van der Waals surface area contributed by atoms with Gasteiger partial charge < -0.3 is 15.3 Å². The molecule has 0 aromatic heterocycles. The molecule has 0 atom stereocenters. The molecule has 1 aromatic carbocycles. The highest BCUT2D eigenvalue weighted by Gasteiger charge is 2.14. The molecule has 0 aliphatic heterocycles. The van der Waals surface area contributed by atoms with Gasteiger partial charge in [0.2, 0.25) is 0 Å². The summed E-state index contributed by atoms with van der Waals surface area (Å²) in [5, 5.41) is 12.3. The van der Waals surface area contributed by atoms with Crippen molar-refractivity contribution in [3.8, 4) is 0 Å². The molecule has 0 radical (unpaired) electrons. The maximum absolute atomic E-state index is 14.1. The highest BCUT2D eigenvalue weighted by Crippen LogP contribution is 2.24. The van der Waals surface area contributed by atoms with Crippen LogP contribution in [0.5, 0.6) is 0 Å². The smallest absolute Gasteiger partial charge is 0.146 e. The third kappa shape index (κ3) is 4.80. The topological polar surface area (TPSA) is 35.5 Å². The van der Waals surface area contributed by atoms with Crippen molar-refractivity contribution < 1.29 is 9.50 Å². The number of aliphatic hydroxyl groups is 1. The summed E-state index contributed by atoms with van der Waals surface area (Å²) in [6.45, 7) is 8.33. The Hall–Kier alpha value is -1.13. The molecule has 0 amide bonds. The lowest BCUT2D eigenvalue weighted by atomic mass is 10.1. The van der Waals surface area contributed by atoms with Crippen molar-refractivity contribution in [2.75, 3.05) is 24.6 Å². The third-order valence-corrected chi connectivity index (χ3v) is 3.06. The average Bonchev–Trinajstić information content (AvgIpc) is 2.39. The van der Waals surface area contributed by atoms with Crippen LogP contribution in [0.15, 0.2) is 18.2 Å². The minimum Gasteiger partial charge on any atom is -0.396 e. The molecule has 19 heavy (non-hydrogen) atoms. The second-order valence-electron chi connectivity index (χ2n) is 4.94. The zero-order valence-corrected chi connectivity index (χ0v) is 12.1. The van der Waals surface area contributed by atoms with Crippen molar-refractivity contribution >= 4 is 5.69 Å². The molecule has 0 bridgehead atoms. The van der Waals surface area contributed by atoms with Gasteiger partial charge in [-0.3, -0.25) is 0 Å². The second kappa shape index (κ2) is 8.12. The molecule has 0 aliphatic rings. The Balaban J connectivity index is 2.94. The fraction of sp³-hybridized carbons (Fsp3) is 0.600. The minimum atomic E-state index is -0.192. The van der Waals surface area contributed by atoms with Gasteiger partial charge >= 0.3 is 0 Å². The molecular weight excluding hydrogens is 243 g/mol. The number of nitrogens with one attached hydrogen (secondary N) is 1. The summed E-state index contributed by atoms with van der Waals surface area (Å²) in [4.78, 5) is 1.99. The number of anilines is 1. The molecule has 3 nitrogen and oxygen atoms in total. The predicted molar refractivity (Wildman–Crippen MR) is 78.0 cm³/mol. The van der Waals surface area contributed by atoms with E-state index < -0.39 is 0 Å². The van der Waals surface area contributed by atoms with E-state index in [-0.39, 0.29) is 12.4 Å². The number of benzene rings is 1. The first-order valence-corrected chi connectivity index (χ1v) is 6.96. The van der Waals surface area contributed by atoms with E-state index in [1.165, 1.54) is 6.07 Å². The van der Waals surface area contributed by atoms with Crippen molar-refractivity contribution in [3.05, 3.63) is 29.6 Å². The number of para-hydroxylation sites is 1. The maximum atomic E-state index is 14.1. The molecule has 0 unspecified atom stereocenters. The molecule has 0 fully saturated rings. The summed E-state index contributed by atoms with van der Waals surface area (Å²) in [6, 6.07) is 5.56. The van der Waals surface area contributed by atoms with Crippen molar-refractivity contribution in [1.82, 2.24) is 5.32 Å². The molecule has 2 N–H and O–H groups in total. The zero-order chi connectivity index (χ0) is 14.3. The van der Waals surface area contributed by atoms with Gasteiger partial charge in [0.05, 0.1) is 5.69 Å². The highest BCUT2D eigenvalue weighted by molar-refractivity contribution is 5.54. The first-order valence-electron chi connectivity index (χ1n) is 6.96. The number of rotatable bonds is 8.